The van der Waals surface area contributed by atoms with Gasteiger partial charge in [-0.1, -0.05) is 6.07 Å². The lowest BCUT2D eigenvalue weighted by Crippen LogP contribution is -2.16. The van der Waals surface area contributed by atoms with Gasteiger partial charge in [0.15, 0.2) is 0 Å². The van der Waals surface area contributed by atoms with Crippen molar-refractivity contribution in [3.8, 4) is 0 Å². The van der Waals surface area contributed by atoms with E-state index in [-0.39, 0.29) is 18.0 Å². The van der Waals surface area contributed by atoms with Gasteiger partial charge in [-0.2, -0.15) is 0 Å². The molecule has 0 spiro atoms. The van der Waals surface area contributed by atoms with E-state index < -0.39 is 5.82 Å². The highest BCUT2D eigenvalue weighted by Crippen LogP contribution is 2.15. The Kier molecular flexibility index (Phi) is 3.75. The van der Waals surface area contributed by atoms with Gasteiger partial charge in [-0.05, 0) is 36.8 Å². The Morgan fingerprint density at radius 3 is 2.84 bits per heavy atom. The zero-order valence-electron chi connectivity index (χ0n) is 10.5. The van der Waals surface area contributed by atoms with E-state index in [1.165, 1.54) is 12.3 Å². The smallest absolute Gasteiger partial charge is 0.230 e. The van der Waals surface area contributed by atoms with Gasteiger partial charge in [0.2, 0.25) is 5.91 Å². The van der Waals surface area contributed by atoms with E-state index in [2.05, 4.69) is 10.3 Å². The third-order valence-corrected chi connectivity index (χ3v) is 2.59. The van der Waals surface area contributed by atoms with Crippen molar-refractivity contribution in [3.63, 3.8) is 0 Å². The van der Waals surface area contributed by atoms with Crippen LogP contribution in [0.2, 0.25) is 0 Å². The molecular weight excluding hydrogens is 245 g/mol. The van der Waals surface area contributed by atoms with E-state index in [1.54, 1.807) is 24.3 Å². The Morgan fingerprint density at radius 1 is 1.37 bits per heavy atom. The quantitative estimate of drug-likeness (QED) is 0.888. The Labute approximate surface area is 110 Å². The summed E-state index contributed by atoms with van der Waals surface area (Å²) >= 11 is 0. The summed E-state index contributed by atoms with van der Waals surface area (Å²) in [6, 6.07) is 7.90. The average molecular weight is 259 g/mol. The zero-order chi connectivity index (χ0) is 13.8. The Balaban J connectivity index is 2.05. The standard InChI is InChI=1S/C14H14FN3O/c1-9-2-5-12(15)13(6-9)18-14(19)7-11-4-3-10(16)8-17-11/h2-6,8H,7,16H2,1H3,(H,18,19). The molecule has 1 aromatic heterocycles. The third-order valence-electron chi connectivity index (χ3n) is 2.59. The van der Waals surface area contributed by atoms with E-state index in [1.807, 2.05) is 6.92 Å². The number of pyridine rings is 1. The molecule has 1 aromatic carbocycles. The van der Waals surface area contributed by atoms with Crippen LogP contribution in [0.1, 0.15) is 11.3 Å². The molecule has 4 nitrogen and oxygen atoms in total. The van der Waals surface area contributed by atoms with Gasteiger partial charge in [-0.3, -0.25) is 9.78 Å². The number of halogens is 1. The highest BCUT2D eigenvalue weighted by molar-refractivity contribution is 5.92. The molecule has 2 rings (SSSR count). The number of aryl methyl sites for hydroxylation is 1. The SMILES string of the molecule is Cc1ccc(F)c(NC(=O)Cc2ccc(N)cn2)c1. The van der Waals surface area contributed by atoms with Gasteiger partial charge in [0.05, 0.1) is 24.0 Å². The maximum atomic E-state index is 13.5. The van der Waals surface area contributed by atoms with Crippen LogP contribution in [0.15, 0.2) is 36.5 Å². The highest BCUT2D eigenvalue weighted by atomic mass is 19.1. The fourth-order valence-corrected chi connectivity index (χ4v) is 1.63. The molecule has 0 atom stereocenters. The third kappa shape index (κ3) is 3.51. The number of nitrogens with two attached hydrogens (primary N) is 1. The van der Waals surface area contributed by atoms with E-state index >= 15 is 0 Å². The lowest BCUT2D eigenvalue weighted by molar-refractivity contribution is -0.115. The molecule has 0 aliphatic heterocycles. The van der Waals surface area contributed by atoms with Crippen LogP contribution in [0.3, 0.4) is 0 Å². The first-order valence-corrected chi connectivity index (χ1v) is 5.81. The van der Waals surface area contributed by atoms with Gasteiger partial charge < -0.3 is 11.1 Å². The number of rotatable bonds is 3. The van der Waals surface area contributed by atoms with Crippen LogP contribution in [0.5, 0.6) is 0 Å². The summed E-state index contributed by atoms with van der Waals surface area (Å²) in [5.41, 5.74) is 7.68. The first kappa shape index (κ1) is 13.0. The lowest BCUT2D eigenvalue weighted by atomic mass is 10.2. The number of amides is 1. The summed E-state index contributed by atoms with van der Waals surface area (Å²) in [6.45, 7) is 1.83. The van der Waals surface area contributed by atoms with E-state index in [9.17, 15) is 9.18 Å². The van der Waals surface area contributed by atoms with Crippen LogP contribution in [0.4, 0.5) is 15.8 Å². The number of carbonyl (C=O) groups is 1. The Bertz CT molecular complexity index is 596. The second-order valence-corrected chi connectivity index (χ2v) is 4.29. The number of anilines is 2. The molecule has 0 fully saturated rings. The van der Waals surface area contributed by atoms with Crippen molar-refractivity contribution in [1.29, 1.82) is 0 Å². The summed E-state index contributed by atoms with van der Waals surface area (Å²) in [5.74, 6) is -0.772. The minimum atomic E-state index is -0.454. The molecule has 0 radical (unpaired) electrons. The number of hydrogen-bond donors (Lipinski definition) is 2. The lowest BCUT2D eigenvalue weighted by Gasteiger charge is -2.07. The number of nitrogen functional groups attached to an aromatic ring is 1. The van der Waals surface area contributed by atoms with Gasteiger partial charge in [0.25, 0.3) is 0 Å². The van der Waals surface area contributed by atoms with Gasteiger partial charge in [-0.25, -0.2) is 4.39 Å². The van der Waals surface area contributed by atoms with Crippen molar-refractivity contribution in [1.82, 2.24) is 4.98 Å². The first-order chi connectivity index (χ1) is 9.04. The summed E-state index contributed by atoms with van der Waals surface area (Å²) in [4.78, 5) is 15.8. The molecule has 0 saturated carbocycles. The maximum Gasteiger partial charge on any atom is 0.230 e. The van der Waals surface area contributed by atoms with Crippen LogP contribution in [0.25, 0.3) is 0 Å². The second kappa shape index (κ2) is 5.48. The van der Waals surface area contributed by atoms with Crippen molar-refractivity contribution < 1.29 is 9.18 Å². The maximum absolute atomic E-state index is 13.5. The van der Waals surface area contributed by atoms with E-state index in [0.29, 0.717) is 11.4 Å². The van der Waals surface area contributed by atoms with E-state index in [4.69, 9.17) is 5.73 Å². The molecule has 0 bridgehead atoms. The van der Waals surface area contributed by atoms with Crippen molar-refractivity contribution in [2.24, 2.45) is 0 Å². The summed E-state index contributed by atoms with van der Waals surface area (Å²) < 4.78 is 13.5. The number of benzene rings is 1. The summed E-state index contributed by atoms with van der Waals surface area (Å²) in [7, 11) is 0. The minimum absolute atomic E-state index is 0.0770. The monoisotopic (exact) mass is 259 g/mol. The predicted molar refractivity (Wildman–Crippen MR) is 72.1 cm³/mol. The molecule has 0 aliphatic rings. The number of hydrogen-bond acceptors (Lipinski definition) is 3. The molecule has 2 aromatic rings. The second-order valence-electron chi connectivity index (χ2n) is 4.29. The molecule has 1 heterocycles. The van der Waals surface area contributed by atoms with Crippen molar-refractivity contribution in [2.75, 3.05) is 11.1 Å². The van der Waals surface area contributed by atoms with Crippen molar-refractivity contribution in [3.05, 3.63) is 53.6 Å². The van der Waals surface area contributed by atoms with E-state index in [0.717, 1.165) is 5.56 Å². The highest BCUT2D eigenvalue weighted by Gasteiger charge is 2.08. The molecule has 5 heteroatoms. The number of nitrogens with zero attached hydrogens (tertiary/aromatic N) is 1. The summed E-state index contributed by atoms with van der Waals surface area (Å²) in [5, 5.41) is 2.53. The molecule has 3 N–H and O–H groups in total. The molecule has 1 amide bonds. The zero-order valence-corrected chi connectivity index (χ0v) is 10.5. The normalized spacial score (nSPS) is 10.2. The Morgan fingerprint density at radius 2 is 2.16 bits per heavy atom. The molecule has 0 saturated heterocycles. The van der Waals surface area contributed by atoms with Gasteiger partial charge in [0, 0.05) is 5.69 Å². The molecule has 19 heavy (non-hydrogen) atoms. The van der Waals surface area contributed by atoms with Gasteiger partial charge >= 0.3 is 0 Å². The summed E-state index contributed by atoms with van der Waals surface area (Å²) in [6.07, 6.45) is 1.56. The number of aromatic nitrogens is 1. The predicted octanol–water partition coefficient (Wildman–Crippen LogP) is 2.29. The number of carbonyl (C=O) groups excluding carboxylic acids is 1. The first-order valence-electron chi connectivity index (χ1n) is 5.81. The van der Waals surface area contributed by atoms with Gasteiger partial charge in [0.1, 0.15) is 5.82 Å². The van der Waals surface area contributed by atoms with Crippen LogP contribution in [-0.4, -0.2) is 10.9 Å². The Hall–Kier alpha value is -2.43. The number of nitrogens with one attached hydrogen (secondary N) is 1. The molecule has 98 valence electrons. The minimum Gasteiger partial charge on any atom is -0.397 e. The topological polar surface area (TPSA) is 68.0 Å². The fourth-order valence-electron chi connectivity index (χ4n) is 1.63. The average Bonchev–Trinajstić information content (AvgIpc) is 2.37. The van der Waals surface area contributed by atoms with Crippen LogP contribution < -0.4 is 11.1 Å². The fraction of sp³-hybridized carbons (Fsp3) is 0.143. The van der Waals surface area contributed by atoms with Crippen LogP contribution >= 0.6 is 0 Å². The molecular formula is C14H14FN3O. The van der Waals surface area contributed by atoms with Crippen molar-refractivity contribution in [2.45, 2.75) is 13.3 Å². The van der Waals surface area contributed by atoms with Crippen LogP contribution in [-0.2, 0) is 11.2 Å². The largest absolute Gasteiger partial charge is 0.397 e. The molecule has 0 unspecified atom stereocenters. The van der Waals surface area contributed by atoms with Crippen LogP contribution in [0, 0.1) is 12.7 Å². The van der Waals surface area contributed by atoms with Gasteiger partial charge in [-0.15, -0.1) is 0 Å². The molecule has 0 aliphatic carbocycles. The van der Waals surface area contributed by atoms with Crippen molar-refractivity contribution >= 4 is 17.3 Å².